The molecular formula is C15H23O3P. The van der Waals surface area contributed by atoms with Crippen LogP contribution in [0.3, 0.4) is 0 Å². The molecule has 1 aromatic rings. The highest BCUT2D eigenvalue weighted by molar-refractivity contribution is 7.74. The van der Waals surface area contributed by atoms with Crippen molar-refractivity contribution in [1.29, 1.82) is 0 Å². The summed E-state index contributed by atoms with van der Waals surface area (Å²) in [7, 11) is -2.68. The van der Waals surface area contributed by atoms with Gasteiger partial charge in [0.05, 0.1) is 5.56 Å². The molecule has 0 heterocycles. The Balaban J connectivity index is 3.45. The third kappa shape index (κ3) is 2.76. The zero-order valence-corrected chi connectivity index (χ0v) is 13.4. The number of aromatic carboxylic acids is 1. The predicted octanol–water partition coefficient (Wildman–Crippen LogP) is 3.97. The highest BCUT2D eigenvalue weighted by Gasteiger charge is 2.47. The highest BCUT2D eigenvalue weighted by atomic mass is 31.2. The largest absolute Gasteiger partial charge is 0.478 e. The number of hydrogen-bond donors (Lipinski definition) is 1. The molecular weight excluding hydrogens is 259 g/mol. The van der Waals surface area contributed by atoms with E-state index in [0.29, 0.717) is 0 Å². The van der Waals surface area contributed by atoms with E-state index < -0.39 is 13.1 Å². The molecule has 3 nitrogen and oxygen atoms in total. The molecule has 0 aliphatic heterocycles. The first-order valence-corrected chi connectivity index (χ1v) is 8.06. The van der Waals surface area contributed by atoms with Gasteiger partial charge >= 0.3 is 5.97 Å². The fourth-order valence-corrected chi connectivity index (χ4v) is 6.73. The van der Waals surface area contributed by atoms with Crippen molar-refractivity contribution in [2.75, 3.05) is 0 Å². The van der Waals surface area contributed by atoms with Gasteiger partial charge in [0.15, 0.2) is 0 Å². The van der Waals surface area contributed by atoms with Crippen LogP contribution < -0.4 is 5.30 Å². The van der Waals surface area contributed by atoms with E-state index in [1.165, 1.54) is 12.1 Å². The molecule has 0 saturated carbocycles. The second-order valence-electron chi connectivity index (χ2n) is 6.80. The van der Waals surface area contributed by atoms with Crippen LogP contribution in [0.5, 0.6) is 0 Å². The smallest absolute Gasteiger partial charge is 0.335 e. The summed E-state index contributed by atoms with van der Waals surface area (Å²) in [5.74, 6) is -0.965. The van der Waals surface area contributed by atoms with Crippen molar-refractivity contribution in [3.8, 4) is 0 Å². The molecule has 1 rings (SSSR count). The first-order valence-electron chi connectivity index (χ1n) is 6.35. The minimum atomic E-state index is -2.68. The van der Waals surface area contributed by atoms with E-state index in [1.807, 2.05) is 41.5 Å². The van der Waals surface area contributed by atoms with E-state index in [2.05, 4.69) is 0 Å². The second-order valence-corrected chi connectivity index (χ2v) is 11.2. The van der Waals surface area contributed by atoms with E-state index >= 15 is 0 Å². The van der Waals surface area contributed by atoms with Crippen molar-refractivity contribution >= 4 is 18.4 Å². The molecule has 0 unspecified atom stereocenters. The average molecular weight is 282 g/mol. The van der Waals surface area contributed by atoms with Crippen LogP contribution in [0.25, 0.3) is 0 Å². The first kappa shape index (κ1) is 16.0. The van der Waals surface area contributed by atoms with Crippen molar-refractivity contribution in [2.24, 2.45) is 0 Å². The fraction of sp³-hybridized carbons (Fsp3) is 0.533. The highest BCUT2D eigenvalue weighted by Crippen LogP contribution is 2.65. The van der Waals surface area contributed by atoms with E-state index in [1.54, 1.807) is 12.1 Å². The van der Waals surface area contributed by atoms with Gasteiger partial charge in [-0.3, -0.25) is 0 Å². The summed E-state index contributed by atoms with van der Waals surface area (Å²) in [5, 5.41) is 8.95. The number of hydrogen-bond acceptors (Lipinski definition) is 2. The maximum absolute atomic E-state index is 13.6. The Bertz CT molecular complexity index is 498. The maximum atomic E-state index is 13.6. The third-order valence-electron chi connectivity index (χ3n) is 3.37. The fourth-order valence-electron chi connectivity index (χ4n) is 2.59. The lowest BCUT2D eigenvalue weighted by Crippen LogP contribution is -2.35. The molecule has 0 spiro atoms. The zero-order valence-electron chi connectivity index (χ0n) is 12.5. The lowest BCUT2D eigenvalue weighted by molar-refractivity contribution is 0.0697. The van der Waals surface area contributed by atoms with Crippen LogP contribution >= 0.6 is 7.14 Å². The Morgan fingerprint density at radius 1 is 0.947 bits per heavy atom. The van der Waals surface area contributed by atoms with Gasteiger partial charge in [0.1, 0.15) is 7.14 Å². The molecule has 1 N–H and O–H groups in total. The Labute approximate surface area is 115 Å². The summed E-state index contributed by atoms with van der Waals surface area (Å²) < 4.78 is 13.6. The third-order valence-corrected chi connectivity index (χ3v) is 8.17. The van der Waals surface area contributed by atoms with Crippen LogP contribution in [0.15, 0.2) is 24.3 Å². The van der Waals surface area contributed by atoms with E-state index in [0.717, 1.165) is 5.30 Å². The number of benzene rings is 1. The standard InChI is InChI=1S/C15H23O3P/c1-14(2,3)19(18,15(4,5)6)12-9-7-11(8-10-12)13(16)17/h7-10H,1-6H3,(H,16,17). The average Bonchev–Trinajstić information content (AvgIpc) is 2.25. The SMILES string of the molecule is CC(C)(C)P(=O)(c1ccc(C(=O)O)cc1)C(C)(C)C. The van der Waals surface area contributed by atoms with Gasteiger partial charge in [-0.05, 0) is 12.1 Å². The molecule has 0 saturated heterocycles. The molecule has 0 bridgehead atoms. The van der Waals surface area contributed by atoms with Gasteiger partial charge in [0.25, 0.3) is 0 Å². The molecule has 106 valence electrons. The predicted molar refractivity (Wildman–Crippen MR) is 80.1 cm³/mol. The van der Waals surface area contributed by atoms with E-state index in [-0.39, 0.29) is 15.9 Å². The molecule has 0 aromatic heterocycles. The van der Waals surface area contributed by atoms with Crippen molar-refractivity contribution in [2.45, 2.75) is 51.9 Å². The summed E-state index contributed by atoms with van der Waals surface area (Å²) in [4.78, 5) is 10.9. The van der Waals surface area contributed by atoms with E-state index in [9.17, 15) is 9.36 Å². The number of carboxylic acid groups (broad SMARTS) is 1. The second kappa shape index (κ2) is 4.79. The number of rotatable bonds is 2. The normalized spacial score (nSPS) is 13.4. The number of carboxylic acids is 1. The number of carbonyl (C=O) groups is 1. The molecule has 0 radical (unpaired) electrons. The lowest BCUT2D eigenvalue weighted by atomic mass is 10.2. The Morgan fingerprint density at radius 2 is 1.32 bits per heavy atom. The molecule has 1 aromatic carbocycles. The van der Waals surface area contributed by atoms with Crippen LogP contribution in [0.4, 0.5) is 0 Å². The van der Waals surface area contributed by atoms with Gasteiger partial charge < -0.3 is 9.67 Å². The summed E-state index contributed by atoms with van der Waals surface area (Å²) in [5.41, 5.74) is 0.220. The minimum absolute atomic E-state index is 0.220. The summed E-state index contributed by atoms with van der Waals surface area (Å²) in [6.45, 7) is 11.9. The van der Waals surface area contributed by atoms with Crippen molar-refractivity contribution in [1.82, 2.24) is 0 Å². The molecule has 0 aliphatic carbocycles. The van der Waals surface area contributed by atoms with Gasteiger partial charge in [0, 0.05) is 15.6 Å². The monoisotopic (exact) mass is 282 g/mol. The lowest BCUT2D eigenvalue weighted by Gasteiger charge is -2.41. The van der Waals surface area contributed by atoms with Crippen LogP contribution in [0.2, 0.25) is 0 Å². The molecule has 0 amide bonds. The molecule has 19 heavy (non-hydrogen) atoms. The van der Waals surface area contributed by atoms with Gasteiger partial charge in [-0.15, -0.1) is 0 Å². The summed E-state index contributed by atoms with van der Waals surface area (Å²) in [6, 6.07) is 6.45. The Hall–Kier alpha value is -1.08. The Kier molecular flexibility index (Phi) is 4.03. The van der Waals surface area contributed by atoms with Gasteiger partial charge in [0.2, 0.25) is 0 Å². The van der Waals surface area contributed by atoms with Gasteiger partial charge in [-0.2, -0.15) is 0 Å². The van der Waals surface area contributed by atoms with Crippen molar-refractivity contribution < 1.29 is 14.5 Å². The molecule has 0 atom stereocenters. The quantitative estimate of drug-likeness (QED) is 0.835. The van der Waals surface area contributed by atoms with Crippen LogP contribution in [0.1, 0.15) is 51.9 Å². The van der Waals surface area contributed by atoms with Gasteiger partial charge in [-0.25, -0.2) is 4.79 Å². The van der Waals surface area contributed by atoms with Crippen molar-refractivity contribution in [3.63, 3.8) is 0 Å². The van der Waals surface area contributed by atoms with Crippen LogP contribution in [-0.2, 0) is 4.57 Å². The first-order chi connectivity index (χ1) is 8.41. The molecule has 4 heteroatoms. The van der Waals surface area contributed by atoms with Crippen LogP contribution in [0, 0.1) is 0 Å². The molecule has 0 aliphatic rings. The summed E-state index contributed by atoms with van der Waals surface area (Å²) in [6.07, 6.45) is 0. The maximum Gasteiger partial charge on any atom is 0.335 e. The topological polar surface area (TPSA) is 54.4 Å². The Morgan fingerprint density at radius 3 is 1.58 bits per heavy atom. The minimum Gasteiger partial charge on any atom is -0.478 e. The summed E-state index contributed by atoms with van der Waals surface area (Å²) >= 11 is 0. The van der Waals surface area contributed by atoms with Crippen LogP contribution in [-0.4, -0.2) is 21.4 Å². The van der Waals surface area contributed by atoms with Gasteiger partial charge in [-0.1, -0.05) is 53.7 Å². The van der Waals surface area contributed by atoms with E-state index in [4.69, 9.17) is 5.11 Å². The van der Waals surface area contributed by atoms with Crippen molar-refractivity contribution in [3.05, 3.63) is 29.8 Å². The zero-order chi connectivity index (χ0) is 15.1. The molecule has 0 fully saturated rings.